The van der Waals surface area contributed by atoms with Crippen molar-refractivity contribution >= 4 is 40.4 Å². The van der Waals surface area contributed by atoms with E-state index in [9.17, 15) is 9.18 Å². The Balaban J connectivity index is 2.82. The normalized spacial score (nSPS) is 11.9. The highest BCUT2D eigenvalue weighted by atomic mass is 35.5. The summed E-state index contributed by atoms with van der Waals surface area (Å²) in [5.41, 5.74) is 5.86. The second kappa shape index (κ2) is 6.66. The van der Waals surface area contributed by atoms with Gasteiger partial charge in [-0.25, -0.2) is 4.39 Å². The van der Waals surface area contributed by atoms with Crippen molar-refractivity contribution in [1.82, 2.24) is 0 Å². The summed E-state index contributed by atoms with van der Waals surface area (Å²) in [6.45, 7) is 1.93. The number of amides is 1. The molecule has 1 aromatic carbocycles. The van der Waals surface area contributed by atoms with Crippen LogP contribution in [0.15, 0.2) is 18.2 Å². The summed E-state index contributed by atoms with van der Waals surface area (Å²) in [6.07, 6.45) is 1.35. The van der Waals surface area contributed by atoms with Crippen LogP contribution in [0.4, 0.5) is 10.1 Å². The fraction of sp³-hybridized carbons (Fsp3) is 0.333. The van der Waals surface area contributed by atoms with Crippen molar-refractivity contribution in [2.45, 2.75) is 19.8 Å². The molecule has 1 unspecified atom stereocenters. The van der Waals surface area contributed by atoms with Crippen LogP contribution in [-0.2, 0) is 4.79 Å². The first-order valence-electron chi connectivity index (χ1n) is 5.51. The van der Waals surface area contributed by atoms with Crippen molar-refractivity contribution in [3.05, 3.63) is 29.0 Å². The zero-order valence-electron chi connectivity index (χ0n) is 9.87. The molecule has 0 aliphatic carbocycles. The van der Waals surface area contributed by atoms with E-state index in [0.29, 0.717) is 12.1 Å². The van der Waals surface area contributed by atoms with E-state index < -0.39 is 11.7 Å². The molecule has 0 radical (unpaired) electrons. The average Bonchev–Trinajstić information content (AvgIpc) is 2.29. The summed E-state index contributed by atoms with van der Waals surface area (Å²) < 4.78 is 12.9. The van der Waals surface area contributed by atoms with Crippen LogP contribution in [0.1, 0.15) is 19.8 Å². The number of nitrogens with one attached hydrogen (secondary N) is 1. The van der Waals surface area contributed by atoms with Crippen LogP contribution in [0.25, 0.3) is 0 Å². The van der Waals surface area contributed by atoms with Gasteiger partial charge in [0.2, 0.25) is 5.91 Å². The van der Waals surface area contributed by atoms with Crippen molar-refractivity contribution in [3.8, 4) is 0 Å². The fourth-order valence-electron chi connectivity index (χ4n) is 1.50. The Morgan fingerprint density at radius 2 is 2.28 bits per heavy atom. The maximum absolute atomic E-state index is 12.9. The van der Waals surface area contributed by atoms with Gasteiger partial charge in [-0.2, -0.15) is 0 Å². The van der Waals surface area contributed by atoms with Gasteiger partial charge in [-0.3, -0.25) is 4.79 Å². The highest BCUT2D eigenvalue weighted by molar-refractivity contribution is 7.80. The molecular formula is C12H14ClFN2OS. The summed E-state index contributed by atoms with van der Waals surface area (Å²) in [7, 11) is 0. The molecule has 0 aliphatic heterocycles. The van der Waals surface area contributed by atoms with E-state index in [-0.39, 0.29) is 15.9 Å². The van der Waals surface area contributed by atoms with Crippen molar-refractivity contribution < 1.29 is 9.18 Å². The fourth-order valence-corrected chi connectivity index (χ4v) is 1.94. The van der Waals surface area contributed by atoms with Crippen LogP contribution in [0.2, 0.25) is 5.02 Å². The van der Waals surface area contributed by atoms with Gasteiger partial charge in [0.15, 0.2) is 0 Å². The van der Waals surface area contributed by atoms with Gasteiger partial charge >= 0.3 is 0 Å². The Kier molecular flexibility index (Phi) is 5.50. The van der Waals surface area contributed by atoms with Gasteiger partial charge in [-0.1, -0.05) is 37.2 Å². The molecule has 1 rings (SSSR count). The maximum Gasteiger partial charge on any atom is 0.234 e. The molecule has 3 N–H and O–H groups in total. The molecule has 1 amide bonds. The smallest absolute Gasteiger partial charge is 0.234 e. The minimum absolute atomic E-state index is 0.140. The number of anilines is 1. The monoisotopic (exact) mass is 288 g/mol. The molecule has 18 heavy (non-hydrogen) atoms. The number of carbonyl (C=O) groups excluding carboxylic acids is 1. The third-order valence-electron chi connectivity index (χ3n) is 2.43. The number of thiocarbonyl (C=S) groups is 1. The number of hydrogen-bond donors (Lipinski definition) is 2. The second-order valence-electron chi connectivity index (χ2n) is 3.86. The van der Waals surface area contributed by atoms with Crippen molar-refractivity contribution in [2.24, 2.45) is 11.7 Å². The van der Waals surface area contributed by atoms with E-state index in [1.165, 1.54) is 12.1 Å². The average molecular weight is 289 g/mol. The zero-order valence-corrected chi connectivity index (χ0v) is 11.4. The van der Waals surface area contributed by atoms with Gasteiger partial charge < -0.3 is 11.1 Å². The number of carbonyl (C=O) groups is 1. The Morgan fingerprint density at radius 1 is 1.61 bits per heavy atom. The Morgan fingerprint density at radius 3 is 2.78 bits per heavy atom. The van der Waals surface area contributed by atoms with Crippen LogP contribution in [0.5, 0.6) is 0 Å². The number of halogens is 2. The third kappa shape index (κ3) is 3.92. The topological polar surface area (TPSA) is 55.1 Å². The summed E-state index contributed by atoms with van der Waals surface area (Å²) in [6, 6.07) is 3.75. The first kappa shape index (κ1) is 14.9. The number of benzene rings is 1. The molecule has 0 saturated carbocycles. The molecule has 1 atom stereocenters. The van der Waals surface area contributed by atoms with Crippen LogP contribution >= 0.6 is 23.8 Å². The molecule has 0 heterocycles. The molecule has 3 nitrogen and oxygen atoms in total. The highest BCUT2D eigenvalue weighted by Gasteiger charge is 2.21. The molecule has 0 aliphatic rings. The Labute approximate surface area is 115 Å². The molecule has 0 fully saturated rings. The SMILES string of the molecule is CCCC(C(=O)Nc1ccc(F)cc1Cl)C(N)=S. The van der Waals surface area contributed by atoms with Gasteiger partial charge in [0.25, 0.3) is 0 Å². The van der Waals surface area contributed by atoms with Gasteiger partial charge in [-0.05, 0) is 24.6 Å². The van der Waals surface area contributed by atoms with E-state index in [1.807, 2.05) is 6.92 Å². The van der Waals surface area contributed by atoms with E-state index >= 15 is 0 Å². The quantitative estimate of drug-likeness (QED) is 0.819. The molecule has 1 aromatic rings. The number of hydrogen-bond acceptors (Lipinski definition) is 2. The molecule has 6 heteroatoms. The lowest BCUT2D eigenvalue weighted by Gasteiger charge is -2.15. The predicted molar refractivity (Wildman–Crippen MR) is 75.2 cm³/mol. The van der Waals surface area contributed by atoms with Crippen LogP contribution in [0.3, 0.4) is 0 Å². The molecule has 0 aromatic heterocycles. The van der Waals surface area contributed by atoms with Crippen LogP contribution in [0, 0.1) is 11.7 Å². The molecular weight excluding hydrogens is 275 g/mol. The Bertz CT molecular complexity index is 467. The first-order chi connectivity index (χ1) is 8.45. The lowest BCUT2D eigenvalue weighted by molar-refractivity contribution is -0.118. The lowest BCUT2D eigenvalue weighted by Crippen LogP contribution is -2.33. The highest BCUT2D eigenvalue weighted by Crippen LogP contribution is 2.23. The van der Waals surface area contributed by atoms with Gasteiger partial charge in [-0.15, -0.1) is 0 Å². The van der Waals surface area contributed by atoms with E-state index in [4.69, 9.17) is 29.6 Å². The standard InChI is InChI=1S/C12H14ClFN2OS/c1-2-3-8(11(15)18)12(17)16-10-5-4-7(14)6-9(10)13/h4-6,8H,2-3H2,1H3,(H2,15,18)(H,16,17). The first-order valence-corrected chi connectivity index (χ1v) is 6.29. The predicted octanol–water partition coefficient (Wildman–Crippen LogP) is 3.12. The van der Waals surface area contributed by atoms with Gasteiger partial charge in [0.05, 0.1) is 21.6 Å². The van der Waals surface area contributed by atoms with E-state index in [2.05, 4.69) is 5.32 Å². The van der Waals surface area contributed by atoms with Crippen LogP contribution in [-0.4, -0.2) is 10.9 Å². The number of nitrogens with two attached hydrogens (primary N) is 1. The van der Waals surface area contributed by atoms with E-state index in [1.54, 1.807) is 0 Å². The Hall–Kier alpha value is -1.20. The zero-order chi connectivity index (χ0) is 13.7. The second-order valence-corrected chi connectivity index (χ2v) is 4.74. The van der Waals surface area contributed by atoms with Gasteiger partial charge in [0.1, 0.15) is 5.82 Å². The van der Waals surface area contributed by atoms with Crippen molar-refractivity contribution in [3.63, 3.8) is 0 Å². The largest absolute Gasteiger partial charge is 0.393 e. The maximum atomic E-state index is 12.9. The molecule has 0 spiro atoms. The van der Waals surface area contributed by atoms with Crippen LogP contribution < -0.4 is 11.1 Å². The summed E-state index contributed by atoms with van der Waals surface area (Å²) in [4.78, 5) is 12.1. The summed E-state index contributed by atoms with van der Waals surface area (Å²) in [5, 5.41) is 2.74. The van der Waals surface area contributed by atoms with E-state index in [0.717, 1.165) is 12.5 Å². The van der Waals surface area contributed by atoms with Gasteiger partial charge in [0, 0.05) is 0 Å². The lowest BCUT2D eigenvalue weighted by atomic mass is 10.0. The molecule has 98 valence electrons. The summed E-state index contributed by atoms with van der Waals surface area (Å²) >= 11 is 10.7. The minimum atomic E-state index is -0.536. The summed E-state index contributed by atoms with van der Waals surface area (Å²) in [5.74, 6) is -1.32. The number of rotatable bonds is 5. The minimum Gasteiger partial charge on any atom is -0.393 e. The van der Waals surface area contributed by atoms with Crippen molar-refractivity contribution in [2.75, 3.05) is 5.32 Å². The molecule has 0 saturated heterocycles. The van der Waals surface area contributed by atoms with Crippen molar-refractivity contribution in [1.29, 1.82) is 0 Å². The molecule has 0 bridgehead atoms. The third-order valence-corrected chi connectivity index (χ3v) is 3.02.